The van der Waals surface area contributed by atoms with E-state index < -0.39 is 23.2 Å². The minimum Gasteiger partial charge on any atom is -0.322 e. The van der Waals surface area contributed by atoms with Crippen LogP contribution < -0.4 is 10.9 Å². The summed E-state index contributed by atoms with van der Waals surface area (Å²) >= 11 is 7.58. The van der Waals surface area contributed by atoms with E-state index in [0.717, 1.165) is 38.2 Å². The SMILES string of the molecule is O=C(Cc1cc2cc(C(F)(F)F)ccc2[nH]c1=O)Nc1scc(Cl)c1-c1ncn(CCCN2CCCC2)n1. The van der Waals surface area contributed by atoms with Gasteiger partial charge < -0.3 is 15.2 Å². The number of rotatable bonds is 8. The van der Waals surface area contributed by atoms with Gasteiger partial charge in [0, 0.05) is 23.0 Å². The van der Waals surface area contributed by atoms with Crippen LogP contribution in [-0.4, -0.2) is 50.2 Å². The molecule has 200 valence electrons. The Morgan fingerprint density at radius 1 is 1.18 bits per heavy atom. The monoisotopic (exact) mass is 564 g/mol. The van der Waals surface area contributed by atoms with Crippen LogP contribution in [0.3, 0.4) is 0 Å². The molecule has 0 spiro atoms. The number of likely N-dealkylation sites (tertiary alicyclic amines) is 1. The number of hydrogen-bond acceptors (Lipinski definition) is 6. The smallest absolute Gasteiger partial charge is 0.322 e. The van der Waals surface area contributed by atoms with Crippen molar-refractivity contribution in [3.63, 3.8) is 0 Å². The maximum atomic E-state index is 13.1. The summed E-state index contributed by atoms with van der Waals surface area (Å²) in [5, 5.41) is 9.90. The third-order valence-corrected chi connectivity index (χ3v) is 7.74. The zero-order valence-corrected chi connectivity index (χ0v) is 21.7. The summed E-state index contributed by atoms with van der Waals surface area (Å²) in [4.78, 5) is 34.6. The summed E-state index contributed by atoms with van der Waals surface area (Å²) in [6.45, 7) is 3.97. The Balaban J connectivity index is 1.28. The zero-order chi connectivity index (χ0) is 26.9. The van der Waals surface area contributed by atoms with Crippen LogP contribution in [0.25, 0.3) is 22.3 Å². The van der Waals surface area contributed by atoms with Gasteiger partial charge >= 0.3 is 6.18 Å². The standard InChI is InChI=1S/C25H24ClF3N6O2S/c26-18-13-38-24(21(18)22-30-14-35(33-22)9-3-8-34-6-1-2-7-34)32-20(36)12-16-10-15-11-17(25(27,28)29)4-5-19(15)31-23(16)37/h4-5,10-11,13-14H,1-3,6-9,12H2,(H,31,37)(H,32,36). The lowest BCUT2D eigenvalue weighted by molar-refractivity contribution is -0.137. The van der Waals surface area contributed by atoms with Crippen LogP contribution in [0.4, 0.5) is 18.2 Å². The van der Waals surface area contributed by atoms with E-state index in [2.05, 4.69) is 25.3 Å². The molecule has 1 saturated heterocycles. The molecule has 5 rings (SSSR count). The second-order valence-corrected chi connectivity index (χ2v) is 10.5. The van der Waals surface area contributed by atoms with E-state index in [-0.39, 0.29) is 22.9 Å². The first-order valence-corrected chi connectivity index (χ1v) is 13.4. The number of aromatic amines is 1. The molecule has 4 aromatic rings. The number of hydrogen-bond donors (Lipinski definition) is 2. The first-order chi connectivity index (χ1) is 18.2. The molecule has 4 heterocycles. The third-order valence-electron chi connectivity index (χ3n) is 6.42. The molecule has 0 unspecified atom stereocenters. The maximum absolute atomic E-state index is 13.1. The molecule has 3 aromatic heterocycles. The highest BCUT2D eigenvalue weighted by Gasteiger charge is 2.30. The van der Waals surface area contributed by atoms with Gasteiger partial charge in [0.25, 0.3) is 5.56 Å². The zero-order valence-electron chi connectivity index (χ0n) is 20.1. The highest BCUT2D eigenvalue weighted by atomic mass is 35.5. The summed E-state index contributed by atoms with van der Waals surface area (Å²) in [5.41, 5.74) is -0.620. The van der Waals surface area contributed by atoms with Gasteiger partial charge in [0.05, 0.1) is 22.6 Å². The first kappa shape index (κ1) is 26.4. The van der Waals surface area contributed by atoms with Crippen molar-refractivity contribution >= 4 is 44.7 Å². The van der Waals surface area contributed by atoms with Crippen LogP contribution in [0.15, 0.2) is 40.8 Å². The fourth-order valence-electron chi connectivity index (χ4n) is 4.52. The lowest BCUT2D eigenvalue weighted by atomic mass is 10.1. The molecule has 0 atom stereocenters. The van der Waals surface area contributed by atoms with E-state index in [4.69, 9.17) is 11.6 Å². The molecular formula is C25H24ClF3N6O2S. The minimum atomic E-state index is -4.52. The van der Waals surface area contributed by atoms with E-state index in [0.29, 0.717) is 28.0 Å². The lowest BCUT2D eigenvalue weighted by Crippen LogP contribution is -2.21. The molecule has 2 N–H and O–H groups in total. The summed E-state index contributed by atoms with van der Waals surface area (Å²) in [6, 6.07) is 4.34. The van der Waals surface area contributed by atoms with Crippen molar-refractivity contribution in [1.82, 2.24) is 24.6 Å². The summed E-state index contributed by atoms with van der Waals surface area (Å²) in [7, 11) is 0. The molecule has 0 bridgehead atoms. The average Bonchev–Trinajstić information content (AvgIpc) is 3.61. The number of halogens is 4. The topological polar surface area (TPSA) is 95.9 Å². The molecule has 1 aromatic carbocycles. The molecule has 1 aliphatic heterocycles. The number of fused-ring (bicyclic) bond motifs is 1. The highest BCUT2D eigenvalue weighted by Crippen LogP contribution is 2.39. The fourth-order valence-corrected chi connectivity index (χ4v) is 5.72. The third kappa shape index (κ3) is 5.92. The number of alkyl halides is 3. The number of H-pyrrole nitrogens is 1. The summed E-state index contributed by atoms with van der Waals surface area (Å²) in [6.07, 6.45) is 0.192. The quantitative estimate of drug-likeness (QED) is 0.307. The predicted molar refractivity (Wildman–Crippen MR) is 141 cm³/mol. The van der Waals surface area contributed by atoms with Crippen LogP contribution in [0, 0.1) is 0 Å². The van der Waals surface area contributed by atoms with E-state index in [9.17, 15) is 22.8 Å². The van der Waals surface area contributed by atoms with Gasteiger partial charge in [-0.05, 0) is 68.5 Å². The number of pyridine rings is 1. The van der Waals surface area contributed by atoms with Crippen LogP contribution in [0.1, 0.15) is 30.4 Å². The highest BCUT2D eigenvalue weighted by molar-refractivity contribution is 7.15. The number of carbonyl (C=O) groups is 1. The number of aromatic nitrogens is 4. The van der Waals surface area contributed by atoms with Gasteiger partial charge in [0.2, 0.25) is 5.91 Å². The van der Waals surface area contributed by atoms with Crippen molar-refractivity contribution in [3.8, 4) is 11.4 Å². The van der Waals surface area contributed by atoms with Crippen molar-refractivity contribution in [2.45, 2.75) is 38.4 Å². The molecule has 13 heteroatoms. The first-order valence-electron chi connectivity index (χ1n) is 12.1. The Bertz CT molecular complexity index is 1520. The van der Waals surface area contributed by atoms with Gasteiger partial charge in [-0.2, -0.15) is 18.3 Å². The van der Waals surface area contributed by atoms with Gasteiger partial charge in [0.15, 0.2) is 5.82 Å². The number of thiophene rings is 1. The van der Waals surface area contributed by atoms with Gasteiger partial charge in [-0.1, -0.05) is 11.6 Å². The Kier molecular flexibility index (Phi) is 7.55. The normalized spacial score (nSPS) is 14.4. The molecule has 38 heavy (non-hydrogen) atoms. The number of aryl methyl sites for hydroxylation is 1. The summed E-state index contributed by atoms with van der Waals surface area (Å²) < 4.78 is 41.0. The van der Waals surface area contributed by atoms with Crippen LogP contribution in [0.5, 0.6) is 0 Å². The van der Waals surface area contributed by atoms with Gasteiger partial charge in [-0.15, -0.1) is 11.3 Å². The van der Waals surface area contributed by atoms with Gasteiger partial charge in [-0.25, -0.2) is 4.98 Å². The van der Waals surface area contributed by atoms with E-state index in [1.165, 1.54) is 36.3 Å². The maximum Gasteiger partial charge on any atom is 0.416 e. The molecule has 8 nitrogen and oxygen atoms in total. The van der Waals surface area contributed by atoms with Crippen LogP contribution >= 0.6 is 22.9 Å². The molecule has 1 amide bonds. The largest absolute Gasteiger partial charge is 0.416 e. The lowest BCUT2D eigenvalue weighted by Gasteiger charge is -2.13. The van der Waals surface area contributed by atoms with Crippen LogP contribution in [0.2, 0.25) is 5.02 Å². The van der Waals surface area contributed by atoms with E-state index in [1.54, 1.807) is 16.4 Å². The number of nitrogens with one attached hydrogen (secondary N) is 2. The van der Waals surface area contributed by atoms with Crippen molar-refractivity contribution in [2.75, 3.05) is 25.0 Å². The van der Waals surface area contributed by atoms with Crippen molar-refractivity contribution in [3.05, 3.63) is 62.5 Å². The molecule has 1 aliphatic rings. The Morgan fingerprint density at radius 3 is 2.74 bits per heavy atom. The molecular weight excluding hydrogens is 541 g/mol. The number of benzene rings is 1. The molecule has 0 aliphatic carbocycles. The Hall–Kier alpha value is -3.22. The number of anilines is 1. The fraction of sp³-hybridized carbons (Fsp3) is 0.360. The van der Waals surface area contributed by atoms with Crippen molar-refractivity contribution < 1.29 is 18.0 Å². The summed E-state index contributed by atoms with van der Waals surface area (Å²) in [5.74, 6) is -0.150. The van der Waals surface area contributed by atoms with E-state index in [1.807, 2.05) is 0 Å². The van der Waals surface area contributed by atoms with Gasteiger partial charge in [-0.3, -0.25) is 14.3 Å². The van der Waals surface area contributed by atoms with Crippen molar-refractivity contribution in [2.24, 2.45) is 0 Å². The van der Waals surface area contributed by atoms with Crippen molar-refractivity contribution in [1.29, 1.82) is 0 Å². The molecule has 1 fully saturated rings. The molecule has 0 saturated carbocycles. The number of carbonyl (C=O) groups excluding carboxylic acids is 1. The number of amides is 1. The Morgan fingerprint density at radius 2 is 1.97 bits per heavy atom. The van der Waals surface area contributed by atoms with E-state index >= 15 is 0 Å². The predicted octanol–water partition coefficient (Wildman–Crippen LogP) is 5.19. The molecule has 0 radical (unpaired) electrons. The van der Waals surface area contributed by atoms with Gasteiger partial charge in [0.1, 0.15) is 11.3 Å². The van der Waals surface area contributed by atoms with Crippen LogP contribution in [-0.2, 0) is 23.9 Å². The minimum absolute atomic E-state index is 0.0407. The second-order valence-electron chi connectivity index (χ2n) is 9.17. The Labute approximate surface area is 224 Å². The second kappa shape index (κ2) is 10.9. The number of nitrogens with zero attached hydrogens (tertiary/aromatic N) is 4. The average molecular weight is 565 g/mol.